The number of ether oxygens (including phenoxy) is 1. The number of hydrogen-bond donors (Lipinski definition) is 2. The maximum Gasteiger partial charge on any atom is 0.229 e. The van der Waals surface area contributed by atoms with Gasteiger partial charge in [0.2, 0.25) is 10.0 Å². The van der Waals surface area contributed by atoms with E-state index >= 15 is 0 Å². The van der Waals surface area contributed by atoms with Crippen LogP contribution in [-0.2, 0) is 10.0 Å². The monoisotopic (exact) mass is 341 g/mol. The van der Waals surface area contributed by atoms with E-state index in [1.807, 2.05) is 24.3 Å². The van der Waals surface area contributed by atoms with E-state index in [1.165, 1.54) is 0 Å². The number of para-hydroxylation sites is 1. The molecule has 4 aromatic rings. The molecule has 6 nitrogen and oxygen atoms in total. The molecule has 2 aromatic heterocycles. The van der Waals surface area contributed by atoms with Gasteiger partial charge in [0.25, 0.3) is 0 Å². The lowest BCUT2D eigenvalue weighted by molar-refractivity contribution is 0.419. The Labute approximate surface area is 138 Å². The van der Waals surface area contributed by atoms with Gasteiger partial charge in [-0.15, -0.1) is 0 Å². The minimum atomic E-state index is -3.37. The van der Waals surface area contributed by atoms with Crippen molar-refractivity contribution in [1.82, 2.24) is 9.97 Å². The lowest BCUT2D eigenvalue weighted by atomic mass is 10.1. The zero-order valence-corrected chi connectivity index (χ0v) is 13.9. The van der Waals surface area contributed by atoms with Crippen molar-refractivity contribution in [3.8, 4) is 5.75 Å². The van der Waals surface area contributed by atoms with Crippen molar-refractivity contribution in [2.75, 3.05) is 18.1 Å². The summed E-state index contributed by atoms with van der Waals surface area (Å²) < 4.78 is 31.0. The predicted molar refractivity (Wildman–Crippen MR) is 96.1 cm³/mol. The number of pyridine rings is 1. The van der Waals surface area contributed by atoms with E-state index in [9.17, 15) is 8.42 Å². The van der Waals surface area contributed by atoms with Crippen molar-refractivity contribution in [1.29, 1.82) is 0 Å². The van der Waals surface area contributed by atoms with Gasteiger partial charge in [-0.05, 0) is 12.1 Å². The highest BCUT2D eigenvalue weighted by Gasteiger charge is 2.14. The quantitative estimate of drug-likeness (QED) is 0.599. The SMILES string of the molecule is COc1cc(NS(C)(=O)=O)cc2c1[nH]c1c3ccccc3ncc21. The number of rotatable bonds is 3. The zero-order valence-electron chi connectivity index (χ0n) is 13.1. The highest BCUT2D eigenvalue weighted by molar-refractivity contribution is 7.92. The fourth-order valence-electron chi connectivity index (χ4n) is 3.00. The molecule has 4 rings (SSSR count). The van der Waals surface area contributed by atoms with E-state index in [0.717, 1.165) is 39.0 Å². The van der Waals surface area contributed by atoms with E-state index in [1.54, 1.807) is 25.4 Å². The Kier molecular flexibility index (Phi) is 3.14. The van der Waals surface area contributed by atoms with Gasteiger partial charge in [-0.25, -0.2) is 8.42 Å². The van der Waals surface area contributed by atoms with Gasteiger partial charge in [-0.3, -0.25) is 9.71 Å². The Balaban J connectivity index is 2.10. The average molecular weight is 341 g/mol. The summed E-state index contributed by atoms with van der Waals surface area (Å²) in [5.41, 5.74) is 3.11. The minimum Gasteiger partial charge on any atom is -0.494 e. The van der Waals surface area contributed by atoms with Crippen LogP contribution in [0.2, 0.25) is 0 Å². The number of fused-ring (bicyclic) bond motifs is 5. The van der Waals surface area contributed by atoms with Gasteiger partial charge in [0.15, 0.2) is 0 Å². The van der Waals surface area contributed by atoms with Crippen molar-refractivity contribution < 1.29 is 13.2 Å². The van der Waals surface area contributed by atoms with Gasteiger partial charge in [-0.2, -0.15) is 0 Å². The largest absolute Gasteiger partial charge is 0.494 e. The molecule has 0 amide bonds. The summed E-state index contributed by atoms with van der Waals surface area (Å²) in [5.74, 6) is 0.568. The van der Waals surface area contributed by atoms with Crippen LogP contribution in [0.25, 0.3) is 32.7 Å². The molecule has 24 heavy (non-hydrogen) atoms. The van der Waals surface area contributed by atoms with Crippen LogP contribution in [0.4, 0.5) is 5.69 Å². The number of nitrogens with zero attached hydrogens (tertiary/aromatic N) is 1. The number of benzene rings is 2. The maximum absolute atomic E-state index is 11.5. The molecule has 0 aliphatic heterocycles. The minimum absolute atomic E-state index is 0.455. The van der Waals surface area contributed by atoms with Crippen LogP contribution >= 0.6 is 0 Å². The number of methoxy groups -OCH3 is 1. The smallest absolute Gasteiger partial charge is 0.229 e. The summed E-state index contributed by atoms with van der Waals surface area (Å²) in [6.07, 6.45) is 2.91. The number of anilines is 1. The molecule has 7 heteroatoms. The predicted octanol–water partition coefficient (Wildman–Crippen LogP) is 3.25. The Morgan fingerprint density at radius 2 is 1.88 bits per heavy atom. The van der Waals surface area contributed by atoms with E-state index in [2.05, 4.69) is 14.7 Å². The highest BCUT2D eigenvalue weighted by Crippen LogP contribution is 2.36. The number of aromatic amines is 1. The van der Waals surface area contributed by atoms with Crippen LogP contribution in [-0.4, -0.2) is 31.8 Å². The van der Waals surface area contributed by atoms with Crippen molar-refractivity contribution in [2.24, 2.45) is 0 Å². The Morgan fingerprint density at radius 1 is 1.08 bits per heavy atom. The third kappa shape index (κ3) is 2.33. The van der Waals surface area contributed by atoms with Crippen LogP contribution in [0.5, 0.6) is 5.75 Å². The molecule has 0 atom stereocenters. The second-order valence-corrected chi connectivity index (χ2v) is 7.41. The topological polar surface area (TPSA) is 84.1 Å². The third-order valence-electron chi connectivity index (χ3n) is 3.94. The molecule has 0 spiro atoms. The lowest BCUT2D eigenvalue weighted by Gasteiger charge is -2.07. The maximum atomic E-state index is 11.5. The van der Waals surface area contributed by atoms with E-state index < -0.39 is 10.0 Å². The van der Waals surface area contributed by atoms with Crippen molar-refractivity contribution in [2.45, 2.75) is 0 Å². The fourth-order valence-corrected chi connectivity index (χ4v) is 3.54. The molecule has 0 aliphatic carbocycles. The summed E-state index contributed by atoms with van der Waals surface area (Å²) in [7, 11) is -1.82. The van der Waals surface area contributed by atoms with Crippen LogP contribution in [0.3, 0.4) is 0 Å². The first-order valence-electron chi connectivity index (χ1n) is 7.31. The van der Waals surface area contributed by atoms with Crippen LogP contribution in [0, 0.1) is 0 Å². The number of sulfonamides is 1. The number of H-pyrrole nitrogens is 1. The van der Waals surface area contributed by atoms with Crippen LogP contribution in [0.15, 0.2) is 42.6 Å². The third-order valence-corrected chi connectivity index (χ3v) is 4.55. The molecule has 0 saturated heterocycles. The van der Waals surface area contributed by atoms with E-state index in [0.29, 0.717) is 11.4 Å². The van der Waals surface area contributed by atoms with Crippen molar-refractivity contribution in [3.05, 3.63) is 42.6 Å². The summed E-state index contributed by atoms with van der Waals surface area (Å²) in [5, 5.41) is 2.78. The van der Waals surface area contributed by atoms with Gasteiger partial charge >= 0.3 is 0 Å². The second-order valence-electron chi connectivity index (χ2n) is 5.66. The van der Waals surface area contributed by atoms with Crippen LogP contribution < -0.4 is 9.46 Å². The molecule has 2 aromatic carbocycles. The van der Waals surface area contributed by atoms with Crippen molar-refractivity contribution >= 4 is 48.4 Å². The first-order valence-corrected chi connectivity index (χ1v) is 9.20. The molecule has 0 saturated carbocycles. The van der Waals surface area contributed by atoms with E-state index in [-0.39, 0.29) is 0 Å². The fraction of sp³-hybridized carbons (Fsp3) is 0.118. The summed E-state index contributed by atoms with van der Waals surface area (Å²) in [6.45, 7) is 0. The second kappa shape index (κ2) is 5.10. The van der Waals surface area contributed by atoms with Gasteiger partial charge in [0.1, 0.15) is 5.75 Å². The Bertz CT molecular complexity index is 1200. The normalized spacial score (nSPS) is 12.1. The molecule has 2 heterocycles. The number of aromatic nitrogens is 2. The molecule has 122 valence electrons. The van der Waals surface area contributed by atoms with Crippen molar-refractivity contribution in [3.63, 3.8) is 0 Å². The van der Waals surface area contributed by atoms with Crippen LogP contribution in [0.1, 0.15) is 0 Å². The van der Waals surface area contributed by atoms with Gasteiger partial charge in [0, 0.05) is 28.4 Å². The summed E-state index contributed by atoms with van der Waals surface area (Å²) >= 11 is 0. The zero-order chi connectivity index (χ0) is 16.9. The lowest BCUT2D eigenvalue weighted by Crippen LogP contribution is -2.09. The molecule has 0 bridgehead atoms. The molecule has 0 fully saturated rings. The Morgan fingerprint density at radius 3 is 2.62 bits per heavy atom. The van der Waals surface area contributed by atoms with Gasteiger partial charge < -0.3 is 9.72 Å². The first-order chi connectivity index (χ1) is 11.5. The molecule has 0 aliphatic rings. The first kappa shape index (κ1) is 14.8. The molecule has 0 unspecified atom stereocenters. The molecule has 0 radical (unpaired) electrons. The average Bonchev–Trinajstić information content (AvgIpc) is 2.91. The number of nitrogens with one attached hydrogen (secondary N) is 2. The standard InChI is InChI=1S/C17H15N3O3S/c1-23-15-8-10(20-24(2,21)22)7-12-13-9-18-14-6-4-3-5-11(14)16(13)19-17(12)15/h3-9,19-20H,1-2H3. The molecule has 2 N–H and O–H groups in total. The van der Waals surface area contributed by atoms with E-state index in [4.69, 9.17) is 4.74 Å². The number of hydrogen-bond acceptors (Lipinski definition) is 4. The van der Waals surface area contributed by atoms with Gasteiger partial charge in [-0.1, -0.05) is 18.2 Å². The molecular weight excluding hydrogens is 326 g/mol. The molecular formula is C17H15N3O3S. The van der Waals surface area contributed by atoms with Gasteiger partial charge in [0.05, 0.1) is 35.6 Å². The summed E-state index contributed by atoms with van der Waals surface area (Å²) in [6, 6.07) is 11.3. The summed E-state index contributed by atoms with van der Waals surface area (Å²) in [4.78, 5) is 7.88. The Hall–Kier alpha value is -2.80. The highest BCUT2D eigenvalue weighted by atomic mass is 32.2.